The van der Waals surface area contributed by atoms with Crippen molar-refractivity contribution in [1.82, 2.24) is 0 Å². The summed E-state index contributed by atoms with van der Waals surface area (Å²) in [7, 11) is 0. The Bertz CT molecular complexity index is 3150. The molecule has 0 amide bonds. The van der Waals surface area contributed by atoms with Gasteiger partial charge in [-0.1, -0.05) is 121 Å². The van der Waals surface area contributed by atoms with E-state index >= 15 is 0 Å². The van der Waals surface area contributed by atoms with Gasteiger partial charge in [0.05, 0.1) is 0 Å². The van der Waals surface area contributed by atoms with E-state index in [1.54, 1.807) is 0 Å². The molecule has 2 aromatic heterocycles. The van der Waals surface area contributed by atoms with Gasteiger partial charge in [0.25, 0.3) is 0 Å². The lowest BCUT2D eigenvalue weighted by Gasteiger charge is -2.26. The number of anilines is 3. The highest BCUT2D eigenvalue weighted by Crippen LogP contribution is 2.46. The quantitative estimate of drug-likeness (QED) is 0.178. The smallest absolute Gasteiger partial charge is 0.144 e. The Kier molecular flexibility index (Phi) is 6.76. The zero-order valence-electron chi connectivity index (χ0n) is 28.7. The number of benzene rings is 9. The second-order valence-corrected chi connectivity index (χ2v) is 14.8. The first kappa shape index (κ1) is 30.0. The van der Waals surface area contributed by atoms with Gasteiger partial charge in [-0.15, -0.1) is 11.3 Å². The molecule has 11 rings (SSSR count). The SMILES string of the molecule is c1ccc(-c2ccc(N(c3ccc(-c4ccc5ccccc5c4)cc3)c3ccc4sc5ccc6c(oc7ccc8ccccc8c76)c5c4c3)cc2)cc1. The number of nitrogens with zero attached hydrogens (tertiary/aromatic N) is 1. The minimum absolute atomic E-state index is 0.924. The molecule has 0 fully saturated rings. The lowest BCUT2D eigenvalue weighted by Crippen LogP contribution is -2.09. The fraction of sp³-hybridized carbons (Fsp3) is 0. The topological polar surface area (TPSA) is 16.4 Å². The first-order valence-corrected chi connectivity index (χ1v) is 18.8. The molecule has 0 spiro atoms. The van der Waals surface area contributed by atoms with Crippen LogP contribution in [0.5, 0.6) is 0 Å². The Labute approximate surface area is 310 Å². The molecule has 0 unspecified atom stereocenters. The largest absolute Gasteiger partial charge is 0.455 e. The molecular formula is C50H31NOS. The van der Waals surface area contributed by atoms with Crippen molar-refractivity contribution in [1.29, 1.82) is 0 Å². The van der Waals surface area contributed by atoms with Gasteiger partial charge < -0.3 is 9.32 Å². The third-order valence-corrected chi connectivity index (χ3v) is 11.8. The van der Waals surface area contributed by atoms with Crippen LogP contribution in [-0.2, 0) is 0 Å². The van der Waals surface area contributed by atoms with E-state index < -0.39 is 0 Å². The van der Waals surface area contributed by atoms with Gasteiger partial charge in [0.1, 0.15) is 11.2 Å². The molecule has 0 aliphatic heterocycles. The summed E-state index contributed by atoms with van der Waals surface area (Å²) in [6.45, 7) is 0. The van der Waals surface area contributed by atoms with Crippen molar-refractivity contribution in [3.05, 3.63) is 188 Å². The van der Waals surface area contributed by atoms with E-state index in [-0.39, 0.29) is 0 Å². The Morgan fingerprint density at radius 2 is 0.962 bits per heavy atom. The minimum atomic E-state index is 0.924. The maximum Gasteiger partial charge on any atom is 0.144 e. The van der Waals surface area contributed by atoms with Gasteiger partial charge in [0.2, 0.25) is 0 Å². The first-order valence-electron chi connectivity index (χ1n) is 18.0. The summed E-state index contributed by atoms with van der Waals surface area (Å²) in [4.78, 5) is 2.37. The van der Waals surface area contributed by atoms with Crippen molar-refractivity contribution in [2.24, 2.45) is 0 Å². The number of hydrogen-bond acceptors (Lipinski definition) is 3. The van der Waals surface area contributed by atoms with Gasteiger partial charge in [-0.3, -0.25) is 0 Å². The van der Waals surface area contributed by atoms with E-state index in [9.17, 15) is 0 Å². The molecule has 0 saturated carbocycles. The normalized spacial score (nSPS) is 11.8. The van der Waals surface area contributed by atoms with Crippen LogP contribution in [0.25, 0.3) is 85.9 Å². The maximum absolute atomic E-state index is 6.74. The Hall–Kier alpha value is -6.68. The summed E-state index contributed by atoms with van der Waals surface area (Å²) < 4.78 is 9.21. The number of thiophene rings is 1. The van der Waals surface area contributed by atoms with Crippen LogP contribution in [0.15, 0.2) is 192 Å². The molecule has 53 heavy (non-hydrogen) atoms. The van der Waals surface area contributed by atoms with Gasteiger partial charge in [-0.2, -0.15) is 0 Å². The molecule has 0 atom stereocenters. The fourth-order valence-corrected chi connectivity index (χ4v) is 9.13. The molecule has 9 aromatic carbocycles. The van der Waals surface area contributed by atoms with Gasteiger partial charge in [-0.25, -0.2) is 0 Å². The molecular weight excluding hydrogens is 663 g/mol. The molecule has 0 N–H and O–H groups in total. The van der Waals surface area contributed by atoms with E-state index in [0.29, 0.717) is 0 Å². The zero-order valence-corrected chi connectivity index (χ0v) is 29.5. The van der Waals surface area contributed by atoms with Crippen molar-refractivity contribution >= 4 is 92.1 Å². The highest BCUT2D eigenvalue weighted by atomic mass is 32.1. The standard InChI is InChI=1S/C50H31NOS/c1-2-8-32(9-3-1)34-16-21-39(22-17-34)51(40-23-18-35(19-24-40)38-15-14-33-10-4-5-12-37(33)30-38)41-25-28-46-44(31-41)49-47(53-46)29-26-43-48-42-13-7-6-11-36(42)20-27-45(48)52-50(43)49/h1-31H. The molecule has 0 saturated heterocycles. The van der Waals surface area contributed by atoms with Gasteiger partial charge in [-0.05, 0) is 111 Å². The van der Waals surface area contributed by atoms with Gasteiger partial charge >= 0.3 is 0 Å². The van der Waals surface area contributed by atoms with Crippen molar-refractivity contribution < 1.29 is 4.42 Å². The summed E-state index contributed by atoms with van der Waals surface area (Å²) in [5.41, 5.74) is 9.98. The van der Waals surface area contributed by atoms with Gasteiger partial charge in [0, 0.05) is 48.0 Å². The van der Waals surface area contributed by atoms with Crippen LogP contribution in [0.1, 0.15) is 0 Å². The van der Waals surface area contributed by atoms with E-state index in [0.717, 1.165) is 33.6 Å². The van der Waals surface area contributed by atoms with Crippen LogP contribution >= 0.6 is 11.3 Å². The lowest BCUT2D eigenvalue weighted by atomic mass is 10.0. The van der Waals surface area contributed by atoms with E-state index in [2.05, 4.69) is 193 Å². The monoisotopic (exact) mass is 693 g/mol. The van der Waals surface area contributed by atoms with Crippen molar-refractivity contribution in [3.8, 4) is 22.3 Å². The Morgan fingerprint density at radius 3 is 1.75 bits per heavy atom. The minimum Gasteiger partial charge on any atom is -0.455 e. The van der Waals surface area contributed by atoms with Crippen LogP contribution in [-0.4, -0.2) is 0 Å². The maximum atomic E-state index is 6.74. The molecule has 0 aliphatic carbocycles. The average molecular weight is 694 g/mol. The number of hydrogen-bond donors (Lipinski definition) is 0. The molecule has 2 heterocycles. The molecule has 0 bridgehead atoms. The molecule has 0 radical (unpaired) electrons. The van der Waals surface area contributed by atoms with Crippen molar-refractivity contribution in [2.45, 2.75) is 0 Å². The first-order chi connectivity index (χ1) is 26.2. The predicted molar refractivity (Wildman–Crippen MR) is 227 cm³/mol. The molecule has 2 nitrogen and oxygen atoms in total. The number of rotatable bonds is 5. The Morgan fingerprint density at radius 1 is 0.358 bits per heavy atom. The van der Waals surface area contributed by atoms with Crippen LogP contribution in [0.3, 0.4) is 0 Å². The summed E-state index contributed by atoms with van der Waals surface area (Å²) in [6.07, 6.45) is 0. The van der Waals surface area contributed by atoms with E-state index in [1.807, 2.05) is 11.3 Å². The fourth-order valence-electron chi connectivity index (χ4n) is 8.04. The average Bonchev–Trinajstić information content (AvgIpc) is 3.80. The van der Waals surface area contributed by atoms with Crippen LogP contribution in [0.4, 0.5) is 17.1 Å². The lowest BCUT2D eigenvalue weighted by molar-refractivity contribution is 0.673. The zero-order chi connectivity index (χ0) is 34.9. The molecule has 3 heteroatoms. The van der Waals surface area contributed by atoms with Gasteiger partial charge in [0.15, 0.2) is 0 Å². The van der Waals surface area contributed by atoms with Crippen molar-refractivity contribution in [2.75, 3.05) is 4.90 Å². The van der Waals surface area contributed by atoms with Crippen LogP contribution < -0.4 is 4.90 Å². The summed E-state index contributed by atoms with van der Waals surface area (Å²) in [6, 6.07) is 67.9. The van der Waals surface area contributed by atoms with Crippen LogP contribution in [0.2, 0.25) is 0 Å². The number of fused-ring (bicyclic) bond motifs is 10. The summed E-state index contributed by atoms with van der Waals surface area (Å²) in [5, 5.41) is 9.67. The highest BCUT2D eigenvalue weighted by molar-refractivity contribution is 7.26. The summed E-state index contributed by atoms with van der Waals surface area (Å²) >= 11 is 1.82. The summed E-state index contributed by atoms with van der Waals surface area (Å²) in [5.74, 6) is 0. The second kappa shape index (κ2) is 11.9. The molecule has 0 aliphatic rings. The second-order valence-electron chi connectivity index (χ2n) is 13.7. The van der Waals surface area contributed by atoms with E-state index in [1.165, 1.54) is 69.4 Å². The predicted octanol–water partition coefficient (Wildman–Crippen LogP) is 15.1. The van der Waals surface area contributed by atoms with Crippen molar-refractivity contribution in [3.63, 3.8) is 0 Å². The highest BCUT2D eigenvalue weighted by Gasteiger charge is 2.19. The molecule has 248 valence electrons. The molecule has 11 aromatic rings. The van der Waals surface area contributed by atoms with E-state index in [4.69, 9.17) is 4.42 Å². The van der Waals surface area contributed by atoms with Crippen LogP contribution in [0, 0.1) is 0 Å². The third-order valence-electron chi connectivity index (χ3n) is 10.6. The third kappa shape index (κ3) is 4.93. The number of furan rings is 1. The Balaban J connectivity index is 1.08.